The van der Waals surface area contributed by atoms with Gasteiger partial charge >= 0.3 is 0 Å². The minimum Gasteiger partial charge on any atom is -0.495 e. The first-order valence-electron chi connectivity index (χ1n) is 6.86. The van der Waals surface area contributed by atoms with E-state index < -0.39 is 0 Å². The summed E-state index contributed by atoms with van der Waals surface area (Å²) in [5.41, 5.74) is 2.85. The van der Waals surface area contributed by atoms with Gasteiger partial charge in [0.25, 0.3) is 5.56 Å². The zero-order chi connectivity index (χ0) is 15.8. The van der Waals surface area contributed by atoms with E-state index in [2.05, 4.69) is 20.2 Å². The van der Waals surface area contributed by atoms with Crippen LogP contribution in [0.25, 0.3) is 22.5 Å². The van der Waals surface area contributed by atoms with Crippen LogP contribution in [0.5, 0.6) is 5.75 Å². The summed E-state index contributed by atoms with van der Waals surface area (Å²) in [6.45, 7) is 0. The number of aromatic nitrogens is 6. The molecule has 0 atom stereocenters. The largest absolute Gasteiger partial charge is 0.495 e. The highest BCUT2D eigenvalue weighted by Crippen LogP contribution is 2.23. The lowest BCUT2D eigenvalue weighted by molar-refractivity contribution is 0.413. The predicted octanol–water partition coefficient (Wildman–Crippen LogP) is 1.28. The minimum absolute atomic E-state index is 0.191. The first-order chi connectivity index (χ1) is 11.2. The van der Waals surface area contributed by atoms with Crippen molar-refractivity contribution in [3.05, 3.63) is 59.7 Å². The summed E-state index contributed by atoms with van der Waals surface area (Å²) >= 11 is 0. The molecule has 8 nitrogen and oxygen atoms in total. The average Bonchev–Trinajstić information content (AvgIpc) is 3.21. The number of pyridine rings is 1. The number of ether oxygens (including phenoxy) is 1. The van der Waals surface area contributed by atoms with Crippen molar-refractivity contribution in [1.29, 1.82) is 0 Å². The molecule has 0 unspecified atom stereocenters. The molecule has 0 aliphatic carbocycles. The number of methoxy groups -OCH3 is 1. The molecule has 1 N–H and O–H groups in total. The van der Waals surface area contributed by atoms with Crippen molar-refractivity contribution in [1.82, 2.24) is 29.4 Å². The number of hydrogen-bond donors (Lipinski definition) is 1. The van der Waals surface area contributed by atoms with E-state index in [0.717, 1.165) is 11.1 Å². The second-order valence-corrected chi connectivity index (χ2v) is 4.91. The average molecular weight is 308 g/mol. The molecule has 0 aromatic carbocycles. The van der Waals surface area contributed by atoms with E-state index in [9.17, 15) is 4.79 Å². The monoisotopic (exact) mass is 308 g/mol. The molecule has 4 rings (SSSR count). The second-order valence-electron chi connectivity index (χ2n) is 4.91. The van der Waals surface area contributed by atoms with Crippen LogP contribution in [0.2, 0.25) is 0 Å². The van der Waals surface area contributed by atoms with Crippen molar-refractivity contribution in [2.45, 2.75) is 0 Å². The van der Waals surface area contributed by atoms with Gasteiger partial charge in [0, 0.05) is 35.8 Å². The van der Waals surface area contributed by atoms with E-state index in [1.807, 2.05) is 12.3 Å². The van der Waals surface area contributed by atoms with E-state index >= 15 is 0 Å². The Kier molecular flexibility index (Phi) is 2.94. The molecule has 4 heterocycles. The van der Waals surface area contributed by atoms with E-state index in [-0.39, 0.29) is 5.56 Å². The predicted molar refractivity (Wildman–Crippen MR) is 82.7 cm³/mol. The van der Waals surface area contributed by atoms with Gasteiger partial charge in [0.15, 0.2) is 5.65 Å². The smallest absolute Gasteiger partial charge is 0.251 e. The summed E-state index contributed by atoms with van der Waals surface area (Å²) in [5.74, 6) is 0.676. The van der Waals surface area contributed by atoms with Gasteiger partial charge < -0.3 is 9.72 Å². The van der Waals surface area contributed by atoms with Crippen LogP contribution >= 0.6 is 0 Å². The van der Waals surface area contributed by atoms with Crippen LogP contribution in [0.15, 0.2) is 54.1 Å². The van der Waals surface area contributed by atoms with Gasteiger partial charge in [0.2, 0.25) is 0 Å². The summed E-state index contributed by atoms with van der Waals surface area (Å²) in [6, 6.07) is 3.30. The van der Waals surface area contributed by atoms with Crippen LogP contribution in [-0.2, 0) is 0 Å². The lowest BCUT2D eigenvalue weighted by Gasteiger charge is -2.01. The third-order valence-electron chi connectivity index (χ3n) is 3.50. The topological polar surface area (TPSA) is 90.1 Å². The minimum atomic E-state index is -0.191. The fraction of sp³-hybridized carbons (Fsp3) is 0.0667. The van der Waals surface area contributed by atoms with E-state index in [0.29, 0.717) is 17.1 Å². The van der Waals surface area contributed by atoms with Crippen molar-refractivity contribution in [3.8, 4) is 22.6 Å². The van der Waals surface area contributed by atoms with Crippen LogP contribution in [-0.4, -0.2) is 36.5 Å². The van der Waals surface area contributed by atoms with E-state index in [1.54, 1.807) is 47.3 Å². The first kappa shape index (κ1) is 13.3. The van der Waals surface area contributed by atoms with Crippen LogP contribution in [0.4, 0.5) is 0 Å². The Morgan fingerprint density at radius 3 is 2.91 bits per heavy atom. The summed E-state index contributed by atoms with van der Waals surface area (Å²) in [4.78, 5) is 18.4. The molecule has 8 heteroatoms. The highest BCUT2D eigenvalue weighted by atomic mass is 16.5. The first-order valence-corrected chi connectivity index (χ1v) is 6.86. The van der Waals surface area contributed by atoms with Crippen molar-refractivity contribution in [2.75, 3.05) is 7.11 Å². The van der Waals surface area contributed by atoms with Crippen molar-refractivity contribution >= 4 is 5.65 Å². The Balaban J connectivity index is 1.80. The van der Waals surface area contributed by atoms with Gasteiger partial charge in [-0.2, -0.15) is 10.2 Å². The maximum atomic E-state index is 11.5. The van der Waals surface area contributed by atoms with Gasteiger partial charge in [-0.1, -0.05) is 0 Å². The third-order valence-corrected chi connectivity index (χ3v) is 3.50. The van der Waals surface area contributed by atoms with Crippen molar-refractivity contribution in [3.63, 3.8) is 0 Å². The lowest BCUT2D eigenvalue weighted by Crippen LogP contribution is -2.07. The molecular weight excluding hydrogens is 296 g/mol. The van der Waals surface area contributed by atoms with Gasteiger partial charge in [0.05, 0.1) is 25.7 Å². The molecular formula is C15H12N6O2. The van der Waals surface area contributed by atoms with E-state index in [4.69, 9.17) is 4.74 Å². The lowest BCUT2D eigenvalue weighted by atomic mass is 10.2. The van der Waals surface area contributed by atoms with Crippen LogP contribution in [0.3, 0.4) is 0 Å². The maximum Gasteiger partial charge on any atom is 0.251 e. The molecule has 0 saturated heterocycles. The molecule has 4 aromatic heterocycles. The number of fused-ring (bicyclic) bond motifs is 1. The Hall–Kier alpha value is -3.42. The number of H-pyrrole nitrogens is 1. The normalized spacial score (nSPS) is 11.0. The van der Waals surface area contributed by atoms with Gasteiger partial charge in [-0.3, -0.25) is 9.78 Å². The quantitative estimate of drug-likeness (QED) is 0.615. The summed E-state index contributed by atoms with van der Waals surface area (Å²) < 4.78 is 8.43. The molecule has 0 aliphatic rings. The Morgan fingerprint density at radius 2 is 2.04 bits per heavy atom. The third kappa shape index (κ3) is 2.26. The van der Waals surface area contributed by atoms with Gasteiger partial charge in [0.1, 0.15) is 11.4 Å². The molecule has 0 fully saturated rings. The molecule has 0 bridgehead atoms. The molecule has 0 radical (unpaired) electrons. The zero-order valence-electron chi connectivity index (χ0n) is 12.2. The van der Waals surface area contributed by atoms with Crippen molar-refractivity contribution < 1.29 is 4.74 Å². The summed E-state index contributed by atoms with van der Waals surface area (Å²) in [5, 5.41) is 8.54. The van der Waals surface area contributed by atoms with Gasteiger partial charge in [-0.15, -0.1) is 0 Å². The number of rotatable bonds is 3. The Morgan fingerprint density at radius 1 is 1.13 bits per heavy atom. The number of nitrogens with one attached hydrogen (secondary N) is 1. The molecule has 0 spiro atoms. The van der Waals surface area contributed by atoms with Gasteiger partial charge in [-0.05, 0) is 6.07 Å². The van der Waals surface area contributed by atoms with Crippen LogP contribution < -0.4 is 10.3 Å². The maximum absolute atomic E-state index is 11.5. The Labute approximate surface area is 130 Å². The standard InChI is InChI=1S/C15H12N6O2/c1-23-12-4-10(5-16-7-12)11-6-17-21(9-11)13-8-18-20-3-2-14(22)19-15(13)20/h2-9H,1H3,(H,19,22). The van der Waals surface area contributed by atoms with E-state index in [1.165, 1.54) is 6.07 Å². The molecule has 0 aliphatic heterocycles. The Bertz CT molecular complexity index is 1050. The number of aromatic amines is 1. The molecule has 23 heavy (non-hydrogen) atoms. The second kappa shape index (κ2) is 5.09. The highest BCUT2D eigenvalue weighted by molar-refractivity contribution is 5.64. The summed E-state index contributed by atoms with van der Waals surface area (Å²) in [6.07, 6.45) is 10.2. The highest BCUT2D eigenvalue weighted by Gasteiger charge is 2.10. The van der Waals surface area contributed by atoms with Crippen LogP contribution in [0.1, 0.15) is 0 Å². The summed E-state index contributed by atoms with van der Waals surface area (Å²) in [7, 11) is 1.60. The van der Waals surface area contributed by atoms with Crippen LogP contribution in [0, 0.1) is 0 Å². The zero-order valence-corrected chi connectivity index (χ0v) is 12.2. The number of nitrogens with zero attached hydrogens (tertiary/aromatic N) is 5. The molecule has 0 amide bonds. The SMILES string of the molecule is COc1cncc(-c2cnn(-c3cnn4ccc(=O)[nH]c34)c2)c1. The molecule has 114 valence electrons. The van der Waals surface area contributed by atoms with Gasteiger partial charge in [-0.25, -0.2) is 9.20 Å². The fourth-order valence-corrected chi connectivity index (χ4v) is 2.34. The number of hydrogen-bond acceptors (Lipinski definition) is 5. The molecule has 0 saturated carbocycles. The molecule has 4 aromatic rings. The fourth-order valence-electron chi connectivity index (χ4n) is 2.34. The van der Waals surface area contributed by atoms with Crippen molar-refractivity contribution in [2.24, 2.45) is 0 Å².